The predicted octanol–water partition coefficient (Wildman–Crippen LogP) is 2.86. The number of anilines is 1. The highest BCUT2D eigenvalue weighted by molar-refractivity contribution is 6.07. The third kappa shape index (κ3) is 3.42. The normalized spacial score (nSPS) is 20.8. The lowest BCUT2D eigenvalue weighted by atomic mass is 9.79. The largest absolute Gasteiger partial charge is 0.349 e. The number of fused-ring (bicyclic) bond motifs is 4. The number of aromatic nitrogens is 1. The van der Waals surface area contributed by atoms with E-state index in [0.717, 1.165) is 48.4 Å². The standard InChI is InChI=1S/C27H26N4O2/c32-25(28-10-12-31-11-9-18-5-1-2-6-19(18)17-31)24-13-20-14-27(15-21(20)16-29-24)22-7-3-4-8-23(22)30-26(27)33/h1-8,13,16H,9-12,14-15,17H2,(H,28,32)(H,30,33). The van der Waals surface area contributed by atoms with E-state index >= 15 is 0 Å². The fraction of sp³-hybridized carbons (Fsp3) is 0.296. The van der Waals surface area contributed by atoms with Crippen LogP contribution in [0.15, 0.2) is 60.8 Å². The lowest BCUT2D eigenvalue weighted by Gasteiger charge is -2.28. The minimum absolute atomic E-state index is 0.0361. The van der Waals surface area contributed by atoms with Gasteiger partial charge >= 0.3 is 0 Å². The highest BCUT2D eigenvalue weighted by Crippen LogP contribution is 2.47. The van der Waals surface area contributed by atoms with Gasteiger partial charge < -0.3 is 10.6 Å². The van der Waals surface area contributed by atoms with E-state index < -0.39 is 5.41 Å². The van der Waals surface area contributed by atoms with Gasteiger partial charge in [0.2, 0.25) is 5.91 Å². The first-order chi connectivity index (χ1) is 16.1. The second-order valence-corrected chi connectivity index (χ2v) is 9.32. The second kappa shape index (κ2) is 7.81. The number of benzene rings is 2. The summed E-state index contributed by atoms with van der Waals surface area (Å²) in [4.78, 5) is 32.5. The van der Waals surface area contributed by atoms with E-state index in [-0.39, 0.29) is 11.8 Å². The Kier molecular flexibility index (Phi) is 4.76. The molecule has 3 aromatic rings. The molecule has 1 unspecified atom stereocenters. The molecule has 2 N–H and O–H groups in total. The fourth-order valence-corrected chi connectivity index (χ4v) is 5.57. The van der Waals surface area contributed by atoms with Crippen molar-refractivity contribution < 1.29 is 9.59 Å². The van der Waals surface area contributed by atoms with Crippen molar-refractivity contribution in [2.45, 2.75) is 31.2 Å². The van der Waals surface area contributed by atoms with Gasteiger partial charge in [0.05, 0.1) is 5.41 Å². The average molecular weight is 439 g/mol. The predicted molar refractivity (Wildman–Crippen MR) is 126 cm³/mol. The minimum Gasteiger partial charge on any atom is -0.349 e. The van der Waals surface area contributed by atoms with Gasteiger partial charge in [0, 0.05) is 38.1 Å². The van der Waals surface area contributed by atoms with Gasteiger partial charge in [-0.15, -0.1) is 0 Å². The molecule has 1 aliphatic carbocycles. The maximum Gasteiger partial charge on any atom is 0.269 e. The van der Waals surface area contributed by atoms with E-state index in [9.17, 15) is 9.59 Å². The molecule has 0 fully saturated rings. The molecule has 2 amide bonds. The molecule has 2 aromatic carbocycles. The number of para-hydroxylation sites is 1. The number of pyridine rings is 1. The van der Waals surface area contributed by atoms with Crippen molar-refractivity contribution in [2.75, 3.05) is 25.0 Å². The summed E-state index contributed by atoms with van der Waals surface area (Å²) >= 11 is 0. The summed E-state index contributed by atoms with van der Waals surface area (Å²) < 4.78 is 0. The molecular formula is C27H26N4O2. The summed E-state index contributed by atoms with van der Waals surface area (Å²) in [6.45, 7) is 3.33. The molecule has 6 heteroatoms. The number of rotatable bonds is 4. The van der Waals surface area contributed by atoms with Crippen LogP contribution in [0.25, 0.3) is 0 Å². The number of hydrogen-bond acceptors (Lipinski definition) is 4. The number of hydrogen-bond donors (Lipinski definition) is 2. The van der Waals surface area contributed by atoms with E-state index in [1.165, 1.54) is 11.1 Å². The monoisotopic (exact) mass is 438 g/mol. The van der Waals surface area contributed by atoms with Crippen LogP contribution in [0.5, 0.6) is 0 Å². The number of nitrogens with one attached hydrogen (secondary N) is 2. The van der Waals surface area contributed by atoms with Crippen molar-refractivity contribution in [2.24, 2.45) is 0 Å². The van der Waals surface area contributed by atoms with Crippen LogP contribution in [0.4, 0.5) is 5.69 Å². The average Bonchev–Trinajstić information content (AvgIpc) is 3.36. The Morgan fingerprint density at radius 2 is 1.82 bits per heavy atom. The lowest BCUT2D eigenvalue weighted by Crippen LogP contribution is -2.38. The van der Waals surface area contributed by atoms with Crippen LogP contribution >= 0.6 is 0 Å². The molecule has 3 aliphatic rings. The molecular weight excluding hydrogens is 412 g/mol. The summed E-state index contributed by atoms with van der Waals surface area (Å²) in [5.74, 6) is -0.124. The lowest BCUT2D eigenvalue weighted by molar-refractivity contribution is -0.120. The van der Waals surface area contributed by atoms with E-state index in [4.69, 9.17) is 0 Å². The van der Waals surface area contributed by atoms with Gasteiger partial charge in [0.1, 0.15) is 5.69 Å². The molecule has 3 heterocycles. The first kappa shape index (κ1) is 20.1. The SMILES string of the molecule is O=C(NCCN1CCc2ccccc2C1)c1cc2c(cn1)CC1(C2)C(=O)Nc2ccccc21. The summed E-state index contributed by atoms with van der Waals surface area (Å²) in [5.41, 5.74) is 6.65. The van der Waals surface area contributed by atoms with Crippen LogP contribution in [-0.2, 0) is 36.0 Å². The number of nitrogens with zero attached hydrogens (tertiary/aromatic N) is 2. The number of amides is 2. The van der Waals surface area contributed by atoms with Crippen molar-refractivity contribution in [3.63, 3.8) is 0 Å². The highest BCUT2D eigenvalue weighted by atomic mass is 16.2. The molecule has 166 valence electrons. The zero-order chi connectivity index (χ0) is 22.4. The Balaban J connectivity index is 1.11. The zero-order valence-electron chi connectivity index (χ0n) is 18.4. The molecule has 0 saturated heterocycles. The van der Waals surface area contributed by atoms with Gasteiger partial charge in [0.15, 0.2) is 0 Å². The van der Waals surface area contributed by atoms with Crippen LogP contribution in [-0.4, -0.2) is 41.3 Å². The quantitative estimate of drug-likeness (QED) is 0.657. The Morgan fingerprint density at radius 1 is 1.03 bits per heavy atom. The molecule has 6 nitrogen and oxygen atoms in total. The van der Waals surface area contributed by atoms with E-state index in [0.29, 0.717) is 25.1 Å². The third-order valence-electron chi connectivity index (χ3n) is 7.35. The molecule has 0 radical (unpaired) electrons. The van der Waals surface area contributed by atoms with Crippen molar-refractivity contribution >= 4 is 17.5 Å². The summed E-state index contributed by atoms with van der Waals surface area (Å²) in [6.07, 6.45) is 4.04. The zero-order valence-corrected chi connectivity index (χ0v) is 18.4. The van der Waals surface area contributed by atoms with Crippen molar-refractivity contribution in [1.29, 1.82) is 0 Å². The minimum atomic E-state index is -0.583. The topological polar surface area (TPSA) is 74.3 Å². The summed E-state index contributed by atoms with van der Waals surface area (Å²) in [6, 6.07) is 18.3. The molecule has 0 saturated carbocycles. The van der Waals surface area contributed by atoms with Crippen LogP contribution < -0.4 is 10.6 Å². The van der Waals surface area contributed by atoms with Gasteiger partial charge in [0.25, 0.3) is 5.91 Å². The molecule has 1 spiro atoms. The molecule has 1 atom stereocenters. The Bertz CT molecular complexity index is 1270. The third-order valence-corrected chi connectivity index (χ3v) is 7.35. The van der Waals surface area contributed by atoms with E-state index in [1.54, 1.807) is 6.20 Å². The Hall–Kier alpha value is -3.51. The van der Waals surface area contributed by atoms with Crippen LogP contribution in [0.2, 0.25) is 0 Å². The first-order valence-electron chi connectivity index (χ1n) is 11.6. The highest BCUT2D eigenvalue weighted by Gasteiger charge is 2.50. The van der Waals surface area contributed by atoms with Gasteiger partial charge in [-0.25, -0.2) is 0 Å². The smallest absolute Gasteiger partial charge is 0.269 e. The van der Waals surface area contributed by atoms with Gasteiger partial charge in [-0.3, -0.25) is 19.5 Å². The van der Waals surface area contributed by atoms with Crippen molar-refractivity contribution in [1.82, 2.24) is 15.2 Å². The maximum atomic E-state index is 12.9. The van der Waals surface area contributed by atoms with Crippen LogP contribution in [0.3, 0.4) is 0 Å². The van der Waals surface area contributed by atoms with Gasteiger partial charge in [-0.05, 0) is 59.2 Å². The first-order valence-corrected chi connectivity index (χ1v) is 11.6. The van der Waals surface area contributed by atoms with E-state index in [1.807, 2.05) is 30.3 Å². The van der Waals surface area contributed by atoms with E-state index in [2.05, 4.69) is 44.8 Å². The molecule has 1 aromatic heterocycles. The molecule has 2 aliphatic heterocycles. The Labute approximate surface area is 193 Å². The van der Waals surface area contributed by atoms with Gasteiger partial charge in [-0.1, -0.05) is 42.5 Å². The van der Waals surface area contributed by atoms with Crippen LogP contribution in [0.1, 0.15) is 38.3 Å². The number of carbonyl (C=O) groups is 2. The number of carbonyl (C=O) groups excluding carboxylic acids is 2. The summed E-state index contributed by atoms with van der Waals surface area (Å²) in [5, 5.41) is 6.05. The van der Waals surface area contributed by atoms with Gasteiger partial charge in [-0.2, -0.15) is 0 Å². The molecule has 0 bridgehead atoms. The maximum absolute atomic E-state index is 12.9. The van der Waals surface area contributed by atoms with Crippen LogP contribution in [0, 0.1) is 0 Å². The molecule has 6 rings (SSSR count). The van der Waals surface area contributed by atoms with Crippen molar-refractivity contribution in [3.8, 4) is 0 Å². The van der Waals surface area contributed by atoms with Crippen molar-refractivity contribution in [3.05, 3.63) is 94.3 Å². The Morgan fingerprint density at radius 3 is 2.73 bits per heavy atom. The molecule has 33 heavy (non-hydrogen) atoms. The second-order valence-electron chi connectivity index (χ2n) is 9.32. The summed E-state index contributed by atoms with van der Waals surface area (Å²) in [7, 11) is 0. The fourth-order valence-electron chi connectivity index (χ4n) is 5.57.